The molecule has 33 heavy (non-hydrogen) atoms. The highest BCUT2D eigenvalue weighted by Crippen LogP contribution is 2.77. The smallest absolute Gasteiger partial charge is 0.334 e. The van der Waals surface area contributed by atoms with E-state index in [1.165, 1.54) is 0 Å². The van der Waals surface area contributed by atoms with Crippen LogP contribution in [0.25, 0.3) is 0 Å². The van der Waals surface area contributed by atoms with Gasteiger partial charge in [-0.3, -0.25) is 4.79 Å². The molecule has 8 atom stereocenters. The highest BCUT2D eigenvalue weighted by Gasteiger charge is 2.84. The largest absolute Gasteiger partial charge is 0.455 e. The lowest BCUT2D eigenvalue weighted by Gasteiger charge is -2.59. The third kappa shape index (κ3) is 2.18. The molecule has 6 rings (SSSR count). The summed E-state index contributed by atoms with van der Waals surface area (Å²) in [6.07, 6.45) is 11.0. The Kier molecular flexibility index (Phi) is 4.15. The summed E-state index contributed by atoms with van der Waals surface area (Å²) in [6.45, 7) is 10.1. The Balaban J connectivity index is 1.46. The van der Waals surface area contributed by atoms with Crippen molar-refractivity contribution >= 4 is 11.8 Å². The number of hydrogen-bond acceptors (Lipinski definition) is 5. The number of cyclic esters (lactones) is 1. The molecule has 0 aromatic heterocycles. The highest BCUT2D eigenvalue weighted by atomic mass is 16.6. The quantitative estimate of drug-likeness (QED) is 0.589. The molecule has 6 aliphatic rings. The number of allylic oxidation sites excluding steroid dienone is 4. The zero-order chi connectivity index (χ0) is 23.6. The van der Waals surface area contributed by atoms with Gasteiger partial charge in [0.1, 0.15) is 23.1 Å². The van der Waals surface area contributed by atoms with Crippen molar-refractivity contribution in [1.29, 1.82) is 0 Å². The topological polar surface area (TPSA) is 72.8 Å². The fourth-order valence-corrected chi connectivity index (χ4v) is 9.09. The molecule has 0 aromatic rings. The molecule has 5 heteroatoms. The average molecular weight is 453 g/mol. The van der Waals surface area contributed by atoms with Crippen LogP contribution in [-0.4, -0.2) is 39.8 Å². The van der Waals surface area contributed by atoms with E-state index in [4.69, 9.17) is 9.47 Å². The molecular formula is C28H36O5. The number of carbonyl (C=O) groups is 2. The zero-order valence-corrected chi connectivity index (χ0v) is 20.5. The Hall–Kier alpha value is -1.72. The first-order chi connectivity index (χ1) is 15.4. The van der Waals surface area contributed by atoms with Crippen molar-refractivity contribution in [3.05, 3.63) is 34.9 Å². The number of fused-ring (bicyclic) bond motifs is 3. The maximum atomic E-state index is 13.3. The molecule has 0 amide bonds. The van der Waals surface area contributed by atoms with Crippen LogP contribution in [0.1, 0.15) is 79.6 Å². The first-order valence-corrected chi connectivity index (χ1v) is 12.6. The lowest BCUT2D eigenvalue weighted by molar-refractivity contribution is -0.247. The molecule has 1 saturated heterocycles. The number of aliphatic hydroxyl groups is 1. The normalized spacial score (nSPS) is 52.8. The van der Waals surface area contributed by atoms with E-state index in [-0.39, 0.29) is 17.8 Å². The Morgan fingerprint density at radius 3 is 2.55 bits per heavy atom. The summed E-state index contributed by atoms with van der Waals surface area (Å²) >= 11 is 0. The van der Waals surface area contributed by atoms with Gasteiger partial charge in [0.25, 0.3) is 0 Å². The minimum atomic E-state index is -1.08. The predicted molar refractivity (Wildman–Crippen MR) is 123 cm³/mol. The van der Waals surface area contributed by atoms with Gasteiger partial charge < -0.3 is 14.6 Å². The van der Waals surface area contributed by atoms with Gasteiger partial charge >= 0.3 is 5.97 Å². The van der Waals surface area contributed by atoms with Crippen molar-refractivity contribution in [1.82, 2.24) is 0 Å². The molecular weight excluding hydrogens is 416 g/mol. The lowest BCUT2D eigenvalue weighted by atomic mass is 9.46. The third-order valence-corrected chi connectivity index (χ3v) is 11.4. The molecule has 0 spiro atoms. The number of Topliss-reactive ketones (excluding diaryl/α,β-unsaturated/α-hetero) is 1. The number of rotatable bonds is 1. The van der Waals surface area contributed by atoms with Gasteiger partial charge in [0.05, 0.1) is 11.0 Å². The van der Waals surface area contributed by atoms with E-state index in [2.05, 4.69) is 26.0 Å². The molecule has 0 aromatic carbocycles. The van der Waals surface area contributed by atoms with Crippen LogP contribution in [0.15, 0.2) is 34.9 Å². The van der Waals surface area contributed by atoms with E-state index < -0.39 is 33.7 Å². The molecule has 2 aliphatic heterocycles. The molecule has 2 bridgehead atoms. The van der Waals surface area contributed by atoms with Gasteiger partial charge in [0.2, 0.25) is 0 Å². The molecule has 8 unspecified atom stereocenters. The summed E-state index contributed by atoms with van der Waals surface area (Å²) in [7, 11) is 0. The van der Waals surface area contributed by atoms with Crippen LogP contribution in [0.4, 0.5) is 0 Å². The number of hydrogen-bond donors (Lipinski definition) is 1. The Bertz CT molecular complexity index is 1070. The fourth-order valence-electron chi connectivity index (χ4n) is 9.09. The molecule has 5 nitrogen and oxygen atoms in total. The number of esters is 1. The van der Waals surface area contributed by atoms with Crippen LogP contribution in [0.5, 0.6) is 0 Å². The second-order valence-corrected chi connectivity index (χ2v) is 12.2. The molecule has 4 aliphatic carbocycles. The highest BCUT2D eigenvalue weighted by molar-refractivity contribution is 5.92. The Morgan fingerprint density at radius 2 is 1.82 bits per heavy atom. The summed E-state index contributed by atoms with van der Waals surface area (Å²) in [5, 5.41) is 12.4. The van der Waals surface area contributed by atoms with Gasteiger partial charge in [-0.25, -0.2) is 4.79 Å². The Labute approximate surface area is 196 Å². The molecule has 0 radical (unpaired) electrons. The van der Waals surface area contributed by atoms with E-state index in [1.54, 1.807) is 6.92 Å². The van der Waals surface area contributed by atoms with E-state index in [0.717, 1.165) is 36.8 Å². The van der Waals surface area contributed by atoms with Crippen LogP contribution in [0.3, 0.4) is 0 Å². The molecule has 3 fully saturated rings. The van der Waals surface area contributed by atoms with Crippen molar-refractivity contribution in [3.63, 3.8) is 0 Å². The van der Waals surface area contributed by atoms with Crippen molar-refractivity contribution in [2.24, 2.45) is 22.7 Å². The van der Waals surface area contributed by atoms with Crippen LogP contribution in [-0.2, 0) is 19.1 Å². The zero-order valence-electron chi connectivity index (χ0n) is 20.5. The summed E-state index contributed by atoms with van der Waals surface area (Å²) in [5.74, 6) is 0.359. The maximum absolute atomic E-state index is 13.3. The van der Waals surface area contributed by atoms with Gasteiger partial charge in [-0.05, 0) is 77.2 Å². The summed E-state index contributed by atoms with van der Waals surface area (Å²) < 4.78 is 13.1. The van der Waals surface area contributed by atoms with Crippen molar-refractivity contribution in [3.8, 4) is 0 Å². The van der Waals surface area contributed by atoms with Gasteiger partial charge in [-0.15, -0.1) is 0 Å². The SMILES string of the molecule is CC1=C(C)C(=O)OC(C2(C)OC34CCC2(O)C3(C)CCC2C4CC=C3C=CCC(=O)C32C)C1. The first-order valence-electron chi connectivity index (χ1n) is 12.6. The molecule has 2 saturated carbocycles. The van der Waals surface area contributed by atoms with Gasteiger partial charge in [-0.1, -0.05) is 30.7 Å². The van der Waals surface area contributed by atoms with Crippen LogP contribution in [0.2, 0.25) is 0 Å². The second kappa shape index (κ2) is 6.28. The molecule has 2 heterocycles. The minimum absolute atomic E-state index is 0.161. The summed E-state index contributed by atoms with van der Waals surface area (Å²) in [6, 6.07) is 0. The third-order valence-electron chi connectivity index (χ3n) is 11.4. The molecule has 1 N–H and O–H groups in total. The number of ketones is 1. The minimum Gasteiger partial charge on any atom is -0.455 e. The Morgan fingerprint density at radius 1 is 1.06 bits per heavy atom. The van der Waals surface area contributed by atoms with E-state index in [1.807, 2.05) is 19.9 Å². The predicted octanol–water partition coefficient (Wildman–Crippen LogP) is 4.59. The van der Waals surface area contributed by atoms with E-state index in [0.29, 0.717) is 30.6 Å². The van der Waals surface area contributed by atoms with Crippen LogP contribution < -0.4 is 0 Å². The first kappa shape index (κ1) is 21.8. The van der Waals surface area contributed by atoms with Gasteiger partial charge in [0.15, 0.2) is 0 Å². The van der Waals surface area contributed by atoms with Crippen molar-refractivity contribution in [2.45, 2.75) is 102 Å². The van der Waals surface area contributed by atoms with Gasteiger partial charge in [-0.2, -0.15) is 0 Å². The summed E-state index contributed by atoms with van der Waals surface area (Å²) in [4.78, 5) is 25.9. The molecule has 178 valence electrons. The van der Waals surface area contributed by atoms with E-state index >= 15 is 0 Å². The maximum Gasteiger partial charge on any atom is 0.334 e. The lowest BCUT2D eigenvalue weighted by Crippen LogP contribution is -2.63. The fraction of sp³-hybridized carbons (Fsp3) is 0.714. The van der Waals surface area contributed by atoms with Crippen LogP contribution >= 0.6 is 0 Å². The number of ether oxygens (including phenoxy) is 2. The van der Waals surface area contributed by atoms with Crippen molar-refractivity contribution in [2.75, 3.05) is 0 Å². The van der Waals surface area contributed by atoms with E-state index in [9.17, 15) is 14.7 Å². The van der Waals surface area contributed by atoms with Crippen LogP contribution in [0, 0.1) is 22.7 Å². The van der Waals surface area contributed by atoms with Gasteiger partial charge in [0, 0.05) is 23.8 Å². The standard InChI is InChI=1S/C28H36O5/c1-16-15-22(32-23(30)17(16)2)26(5)28(31)14-13-27(33-26)20-10-9-18-7-6-8-21(29)25(18,4)19(20)11-12-24(27,28)3/h6-7,9,19-20,22,31H,8,10-15H2,1-5H3. The monoisotopic (exact) mass is 452 g/mol. The summed E-state index contributed by atoms with van der Waals surface area (Å²) in [5.41, 5.74) is -0.681. The number of carbonyl (C=O) groups excluding carboxylic acids is 2. The second-order valence-electron chi connectivity index (χ2n) is 12.2. The van der Waals surface area contributed by atoms with Crippen molar-refractivity contribution < 1.29 is 24.2 Å². The average Bonchev–Trinajstić information content (AvgIpc) is 3.10.